The Hall–Kier alpha value is -2.34. The largest absolute Gasteiger partial charge is 0.495 e. The van der Waals surface area contributed by atoms with E-state index in [1.165, 1.54) is 0 Å². The number of ether oxygens (including phenoxy) is 1. The standard InChI is InChI=1S/C21H19Cl2N3O2/c1-28-19-7-6-13(22)10-18(19)25-20(27)12-26-9-8-17-15(11-26)21(23)14-4-2-3-5-16(14)24-17/h2-7,10H,8-9,11-12H2,1H3,(H,25,27). The number of carbonyl (C=O) groups is 1. The molecule has 0 fully saturated rings. The fraction of sp³-hybridized carbons (Fsp3) is 0.238. The predicted octanol–water partition coefficient (Wildman–Crippen LogP) is 4.55. The van der Waals surface area contributed by atoms with Crippen molar-refractivity contribution in [1.29, 1.82) is 0 Å². The number of nitrogens with one attached hydrogen (secondary N) is 1. The zero-order valence-electron chi connectivity index (χ0n) is 15.3. The summed E-state index contributed by atoms with van der Waals surface area (Å²) in [6, 6.07) is 13.0. The Morgan fingerprint density at radius 1 is 1.25 bits per heavy atom. The van der Waals surface area contributed by atoms with Crippen LogP contribution in [0.25, 0.3) is 10.9 Å². The van der Waals surface area contributed by atoms with Crippen LogP contribution >= 0.6 is 23.2 Å². The summed E-state index contributed by atoms with van der Waals surface area (Å²) in [5.74, 6) is 0.439. The molecular formula is C21H19Cl2N3O2. The molecule has 28 heavy (non-hydrogen) atoms. The van der Waals surface area contributed by atoms with E-state index in [-0.39, 0.29) is 12.5 Å². The molecule has 0 saturated carbocycles. The molecule has 0 spiro atoms. The lowest BCUT2D eigenvalue weighted by molar-refractivity contribution is -0.117. The highest BCUT2D eigenvalue weighted by molar-refractivity contribution is 6.36. The molecule has 2 heterocycles. The van der Waals surface area contributed by atoms with Gasteiger partial charge in [-0.05, 0) is 24.3 Å². The van der Waals surface area contributed by atoms with Crippen LogP contribution in [0, 0.1) is 0 Å². The highest BCUT2D eigenvalue weighted by Gasteiger charge is 2.23. The molecule has 2 aromatic carbocycles. The van der Waals surface area contributed by atoms with Gasteiger partial charge in [0.15, 0.2) is 0 Å². The number of halogens is 2. The molecule has 3 aromatic rings. The van der Waals surface area contributed by atoms with Crippen LogP contribution in [0.5, 0.6) is 5.75 Å². The van der Waals surface area contributed by atoms with E-state index in [0.29, 0.717) is 23.0 Å². The van der Waals surface area contributed by atoms with Gasteiger partial charge in [-0.2, -0.15) is 0 Å². The third-order valence-electron chi connectivity index (χ3n) is 4.86. The number of hydrogen-bond donors (Lipinski definition) is 1. The molecule has 4 rings (SSSR count). The first-order valence-corrected chi connectivity index (χ1v) is 9.72. The Balaban J connectivity index is 1.50. The molecule has 144 valence electrons. The average Bonchev–Trinajstić information content (AvgIpc) is 2.69. The van der Waals surface area contributed by atoms with Crippen LogP contribution in [-0.4, -0.2) is 36.0 Å². The molecule has 1 aliphatic rings. The number of hydrogen-bond acceptors (Lipinski definition) is 4. The minimum absolute atomic E-state index is 0.131. The fourth-order valence-corrected chi connectivity index (χ4v) is 4.00. The quantitative estimate of drug-likeness (QED) is 0.678. The summed E-state index contributed by atoms with van der Waals surface area (Å²) in [6.45, 7) is 1.58. The molecular weight excluding hydrogens is 397 g/mol. The number of rotatable bonds is 4. The summed E-state index contributed by atoms with van der Waals surface area (Å²) in [5.41, 5.74) is 3.48. The molecule has 7 heteroatoms. The second kappa shape index (κ2) is 7.95. The van der Waals surface area contributed by atoms with Gasteiger partial charge in [0.25, 0.3) is 0 Å². The Morgan fingerprint density at radius 2 is 2.07 bits per heavy atom. The maximum Gasteiger partial charge on any atom is 0.238 e. The number of methoxy groups -OCH3 is 1. The highest BCUT2D eigenvalue weighted by Crippen LogP contribution is 2.32. The van der Waals surface area contributed by atoms with Crippen LogP contribution < -0.4 is 10.1 Å². The summed E-state index contributed by atoms with van der Waals surface area (Å²) in [4.78, 5) is 19.4. The van der Waals surface area contributed by atoms with Gasteiger partial charge in [0.1, 0.15) is 5.75 Å². The molecule has 1 aliphatic heterocycles. The van der Waals surface area contributed by atoms with Crippen molar-refractivity contribution >= 4 is 45.7 Å². The van der Waals surface area contributed by atoms with E-state index in [9.17, 15) is 4.79 Å². The number of para-hydroxylation sites is 1. The summed E-state index contributed by atoms with van der Waals surface area (Å²) < 4.78 is 5.28. The number of nitrogens with zero attached hydrogens (tertiary/aromatic N) is 2. The first-order chi connectivity index (χ1) is 13.5. The van der Waals surface area contributed by atoms with E-state index in [1.54, 1.807) is 25.3 Å². The smallest absolute Gasteiger partial charge is 0.238 e. The van der Waals surface area contributed by atoms with Gasteiger partial charge in [-0.3, -0.25) is 14.7 Å². The lowest BCUT2D eigenvalue weighted by Gasteiger charge is -2.28. The second-order valence-electron chi connectivity index (χ2n) is 6.72. The predicted molar refractivity (Wildman–Crippen MR) is 112 cm³/mol. The SMILES string of the molecule is COc1ccc(Cl)cc1NC(=O)CN1CCc2nc3ccccc3c(Cl)c2C1. The van der Waals surface area contributed by atoms with E-state index < -0.39 is 0 Å². The van der Waals surface area contributed by atoms with Crippen LogP contribution in [-0.2, 0) is 17.8 Å². The van der Waals surface area contributed by atoms with E-state index in [0.717, 1.165) is 40.1 Å². The van der Waals surface area contributed by atoms with Gasteiger partial charge in [0, 0.05) is 41.2 Å². The number of pyridine rings is 1. The highest BCUT2D eigenvalue weighted by atomic mass is 35.5. The number of benzene rings is 2. The normalized spacial score (nSPS) is 14.0. The van der Waals surface area contributed by atoms with Gasteiger partial charge in [-0.1, -0.05) is 41.4 Å². The summed E-state index contributed by atoms with van der Waals surface area (Å²) in [5, 5.41) is 5.08. The van der Waals surface area contributed by atoms with Gasteiger partial charge in [-0.25, -0.2) is 0 Å². The number of aromatic nitrogens is 1. The number of carbonyl (C=O) groups excluding carboxylic acids is 1. The van der Waals surface area contributed by atoms with Crippen molar-refractivity contribution in [3.8, 4) is 5.75 Å². The summed E-state index contributed by atoms with van der Waals surface area (Å²) in [7, 11) is 1.56. The van der Waals surface area contributed by atoms with Crippen molar-refractivity contribution in [3.63, 3.8) is 0 Å². The van der Waals surface area contributed by atoms with E-state index in [1.807, 2.05) is 24.3 Å². The number of anilines is 1. The molecule has 0 radical (unpaired) electrons. The fourth-order valence-electron chi connectivity index (χ4n) is 3.50. The Morgan fingerprint density at radius 3 is 2.89 bits per heavy atom. The number of amides is 1. The van der Waals surface area contributed by atoms with Crippen molar-refractivity contribution in [2.24, 2.45) is 0 Å². The lowest BCUT2D eigenvalue weighted by Crippen LogP contribution is -2.37. The zero-order valence-corrected chi connectivity index (χ0v) is 16.8. The first kappa shape index (κ1) is 19.0. The third kappa shape index (κ3) is 3.78. The van der Waals surface area contributed by atoms with Crippen molar-refractivity contribution in [3.05, 3.63) is 63.8 Å². The number of fused-ring (bicyclic) bond motifs is 2. The Labute approximate surface area is 173 Å². The maximum atomic E-state index is 12.6. The van der Waals surface area contributed by atoms with Crippen LogP contribution in [0.2, 0.25) is 10.0 Å². The zero-order chi connectivity index (χ0) is 19.7. The van der Waals surface area contributed by atoms with Crippen molar-refractivity contribution in [1.82, 2.24) is 9.88 Å². The Bertz CT molecular complexity index is 1060. The topological polar surface area (TPSA) is 54.5 Å². The van der Waals surface area contributed by atoms with Gasteiger partial charge in [-0.15, -0.1) is 0 Å². The van der Waals surface area contributed by atoms with Crippen LogP contribution in [0.1, 0.15) is 11.3 Å². The minimum Gasteiger partial charge on any atom is -0.495 e. The molecule has 0 atom stereocenters. The molecule has 1 amide bonds. The lowest BCUT2D eigenvalue weighted by atomic mass is 10.0. The van der Waals surface area contributed by atoms with Crippen LogP contribution in [0.3, 0.4) is 0 Å². The van der Waals surface area contributed by atoms with E-state index >= 15 is 0 Å². The molecule has 0 unspecified atom stereocenters. The minimum atomic E-state index is -0.131. The maximum absolute atomic E-state index is 12.6. The van der Waals surface area contributed by atoms with Gasteiger partial charge >= 0.3 is 0 Å². The van der Waals surface area contributed by atoms with Gasteiger partial charge in [0.2, 0.25) is 5.91 Å². The van der Waals surface area contributed by atoms with Crippen molar-refractivity contribution in [2.75, 3.05) is 25.5 Å². The first-order valence-electron chi connectivity index (χ1n) is 8.97. The second-order valence-corrected chi connectivity index (χ2v) is 7.54. The Kier molecular flexibility index (Phi) is 5.40. The van der Waals surface area contributed by atoms with Crippen LogP contribution in [0.4, 0.5) is 5.69 Å². The third-order valence-corrected chi connectivity index (χ3v) is 5.53. The van der Waals surface area contributed by atoms with Crippen molar-refractivity contribution < 1.29 is 9.53 Å². The molecule has 5 nitrogen and oxygen atoms in total. The summed E-state index contributed by atoms with van der Waals surface area (Å²) >= 11 is 12.7. The molecule has 0 saturated heterocycles. The van der Waals surface area contributed by atoms with Crippen molar-refractivity contribution in [2.45, 2.75) is 13.0 Å². The average molecular weight is 416 g/mol. The van der Waals surface area contributed by atoms with E-state index in [2.05, 4.69) is 10.2 Å². The van der Waals surface area contributed by atoms with E-state index in [4.69, 9.17) is 32.9 Å². The summed E-state index contributed by atoms with van der Waals surface area (Å²) in [6.07, 6.45) is 0.758. The van der Waals surface area contributed by atoms with Gasteiger partial charge < -0.3 is 10.1 Å². The monoisotopic (exact) mass is 415 g/mol. The van der Waals surface area contributed by atoms with Crippen LogP contribution in [0.15, 0.2) is 42.5 Å². The molecule has 1 N–H and O–H groups in total. The van der Waals surface area contributed by atoms with Gasteiger partial charge in [0.05, 0.1) is 29.9 Å². The molecule has 0 bridgehead atoms. The molecule has 0 aliphatic carbocycles. The molecule has 1 aromatic heterocycles.